The number of para-hydroxylation sites is 1. The summed E-state index contributed by atoms with van der Waals surface area (Å²) in [6, 6.07) is 14.0. The van der Waals surface area contributed by atoms with Crippen LogP contribution in [0.25, 0.3) is 10.9 Å². The zero-order valence-corrected chi connectivity index (χ0v) is 16.4. The van der Waals surface area contributed by atoms with Gasteiger partial charge in [0.1, 0.15) is 0 Å². The van der Waals surface area contributed by atoms with Gasteiger partial charge in [-0.05, 0) is 47.1 Å². The van der Waals surface area contributed by atoms with Crippen LogP contribution in [-0.2, 0) is 15.6 Å². The van der Waals surface area contributed by atoms with E-state index in [0.717, 1.165) is 21.5 Å². The van der Waals surface area contributed by atoms with Crippen molar-refractivity contribution in [3.8, 4) is 0 Å². The summed E-state index contributed by atoms with van der Waals surface area (Å²) in [4.78, 5) is 3.35. The van der Waals surface area contributed by atoms with E-state index >= 15 is 0 Å². The first-order valence-corrected chi connectivity index (χ1v) is 11.3. The van der Waals surface area contributed by atoms with Crippen molar-refractivity contribution in [3.63, 3.8) is 0 Å². The first-order valence-electron chi connectivity index (χ1n) is 8.85. The second kappa shape index (κ2) is 6.43. The molecule has 0 aliphatic heterocycles. The number of sulfone groups is 1. The summed E-state index contributed by atoms with van der Waals surface area (Å²) >= 11 is 6.08. The van der Waals surface area contributed by atoms with E-state index in [1.165, 1.54) is 23.8 Å². The highest BCUT2D eigenvalue weighted by Gasteiger charge is 2.41. The van der Waals surface area contributed by atoms with Crippen molar-refractivity contribution in [2.45, 2.75) is 25.0 Å². The standard InChI is InChI=1S/C21H22ClNO2S/c1-13-10-18(13)20(14-6-8-16(22)9-7-14)19-11-23-21-15(12-26(2,24)25)4-3-5-17(19)21/h3-9,11,13,18,20,23H,10,12H2,1-2H3. The van der Waals surface area contributed by atoms with Crippen LogP contribution in [0.1, 0.15) is 36.0 Å². The molecule has 1 aromatic heterocycles. The smallest absolute Gasteiger partial charge is 0.151 e. The number of halogens is 1. The maximum atomic E-state index is 11.8. The molecular weight excluding hydrogens is 366 g/mol. The van der Waals surface area contributed by atoms with E-state index < -0.39 is 9.84 Å². The summed E-state index contributed by atoms with van der Waals surface area (Å²) < 4.78 is 23.5. The zero-order chi connectivity index (χ0) is 18.5. The van der Waals surface area contributed by atoms with Gasteiger partial charge in [0.15, 0.2) is 9.84 Å². The molecule has 0 radical (unpaired) electrons. The lowest BCUT2D eigenvalue weighted by Gasteiger charge is -2.17. The lowest BCUT2D eigenvalue weighted by atomic mass is 9.86. The van der Waals surface area contributed by atoms with Gasteiger partial charge in [0.2, 0.25) is 0 Å². The predicted molar refractivity (Wildman–Crippen MR) is 107 cm³/mol. The van der Waals surface area contributed by atoms with Crippen molar-refractivity contribution in [3.05, 3.63) is 70.4 Å². The SMILES string of the molecule is CC1CC1C(c1ccc(Cl)cc1)c1c[nH]c2c(CS(C)(=O)=O)cccc12. The van der Waals surface area contributed by atoms with Gasteiger partial charge in [0.05, 0.1) is 5.75 Å². The molecule has 1 aliphatic rings. The second-order valence-electron chi connectivity index (χ2n) is 7.56. The van der Waals surface area contributed by atoms with Crippen LogP contribution in [0.5, 0.6) is 0 Å². The molecule has 5 heteroatoms. The molecule has 1 fully saturated rings. The van der Waals surface area contributed by atoms with Gasteiger partial charge in [-0.3, -0.25) is 0 Å². The molecule has 0 saturated heterocycles. The summed E-state index contributed by atoms with van der Waals surface area (Å²) in [6.45, 7) is 2.29. The number of rotatable bonds is 5. The van der Waals surface area contributed by atoms with Crippen LogP contribution in [0, 0.1) is 11.8 Å². The number of H-pyrrole nitrogens is 1. The highest BCUT2D eigenvalue weighted by atomic mass is 35.5. The van der Waals surface area contributed by atoms with Gasteiger partial charge in [-0.25, -0.2) is 8.42 Å². The van der Waals surface area contributed by atoms with Gasteiger partial charge in [-0.15, -0.1) is 0 Å². The van der Waals surface area contributed by atoms with Crippen LogP contribution in [0.3, 0.4) is 0 Å². The number of benzene rings is 2. The molecule has 3 aromatic rings. The Morgan fingerprint density at radius 2 is 1.88 bits per heavy atom. The topological polar surface area (TPSA) is 49.9 Å². The van der Waals surface area contributed by atoms with Crippen molar-refractivity contribution in [2.75, 3.05) is 6.26 Å². The molecule has 136 valence electrons. The molecule has 3 unspecified atom stereocenters. The van der Waals surface area contributed by atoms with Crippen molar-refractivity contribution in [1.82, 2.24) is 4.98 Å². The molecule has 1 saturated carbocycles. The van der Waals surface area contributed by atoms with E-state index in [1.807, 2.05) is 24.3 Å². The first-order chi connectivity index (χ1) is 12.3. The Morgan fingerprint density at radius 1 is 1.19 bits per heavy atom. The Hall–Kier alpha value is -1.78. The Bertz CT molecular complexity index is 1050. The average molecular weight is 388 g/mol. The fourth-order valence-electron chi connectivity index (χ4n) is 4.04. The zero-order valence-electron chi connectivity index (χ0n) is 14.9. The summed E-state index contributed by atoms with van der Waals surface area (Å²) in [5, 5.41) is 1.86. The first kappa shape index (κ1) is 17.6. The minimum Gasteiger partial charge on any atom is -0.361 e. The van der Waals surface area contributed by atoms with Gasteiger partial charge in [0.25, 0.3) is 0 Å². The molecule has 3 atom stereocenters. The molecule has 2 aromatic carbocycles. The number of aromatic nitrogens is 1. The summed E-state index contributed by atoms with van der Waals surface area (Å²) in [7, 11) is -3.08. The van der Waals surface area contributed by atoms with Gasteiger partial charge in [-0.1, -0.05) is 48.9 Å². The van der Waals surface area contributed by atoms with E-state index in [9.17, 15) is 8.42 Å². The third kappa shape index (κ3) is 3.40. The van der Waals surface area contributed by atoms with E-state index in [-0.39, 0.29) is 5.75 Å². The van der Waals surface area contributed by atoms with Gasteiger partial charge < -0.3 is 4.98 Å². The Morgan fingerprint density at radius 3 is 2.50 bits per heavy atom. The van der Waals surface area contributed by atoms with Crippen LogP contribution in [-0.4, -0.2) is 19.7 Å². The second-order valence-corrected chi connectivity index (χ2v) is 10.1. The number of fused-ring (bicyclic) bond motifs is 1. The molecule has 3 nitrogen and oxygen atoms in total. The van der Waals surface area contributed by atoms with Crippen molar-refractivity contribution in [2.24, 2.45) is 11.8 Å². The molecule has 1 N–H and O–H groups in total. The third-order valence-corrected chi connectivity index (χ3v) is 6.50. The fraction of sp³-hybridized carbons (Fsp3) is 0.333. The normalized spacial score (nSPS) is 21.0. The highest BCUT2D eigenvalue weighted by Crippen LogP contribution is 2.52. The fourth-order valence-corrected chi connectivity index (χ4v) is 4.97. The molecular formula is C21H22ClNO2S. The van der Waals surface area contributed by atoms with Gasteiger partial charge in [-0.2, -0.15) is 0 Å². The lowest BCUT2D eigenvalue weighted by Crippen LogP contribution is -2.04. The van der Waals surface area contributed by atoms with Crippen molar-refractivity contribution in [1.29, 1.82) is 0 Å². The Labute approximate surface area is 159 Å². The molecule has 0 spiro atoms. The Kier molecular flexibility index (Phi) is 4.36. The molecule has 1 aliphatic carbocycles. The van der Waals surface area contributed by atoms with Crippen molar-refractivity contribution < 1.29 is 8.42 Å². The van der Waals surface area contributed by atoms with E-state index in [0.29, 0.717) is 17.8 Å². The van der Waals surface area contributed by atoms with Crippen molar-refractivity contribution >= 4 is 32.3 Å². The van der Waals surface area contributed by atoms with Crippen LogP contribution in [0.4, 0.5) is 0 Å². The highest BCUT2D eigenvalue weighted by molar-refractivity contribution is 7.89. The molecule has 0 amide bonds. The van der Waals surface area contributed by atoms with E-state index in [4.69, 9.17) is 11.6 Å². The maximum Gasteiger partial charge on any atom is 0.151 e. The number of nitrogens with one attached hydrogen (secondary N) is 1. The minimum atomic E-state index is -3.08. The number of hydrogen-bond acceptors (Lipinski definition) is 2. The minimum absolute atomic E-state index is 0.0513. The van der Waals surface area contributed by atoms with Gasteiger partial charge >= 0.3 is 0 Å². The van der Waals surface area contributed by atoms with Crippen LogP contribution >= 0.6 is 11.6 Å². The van der Waals surface area contributed by atoms with Crippen LogP contribution in [0.15, 0.2) is 48.7 Å². The third-order valence-electron chi connectivity index (χ3n) is 5.42. The van der Waals surface area contributed by atoms with E-state index in [2.05, 4.69) is 36.3 Å². The summed E-state index contributed by atoms with van der Waals surface area (Å²) in [6.07, 6.45) is 4.54. The monoisotopic (exact) mass is 387 g/mol. The molecule has 1 heterocycles. The summed E-state index contributed by atoms with van der Waals surface area (Å²) in [5.41, 5.74) is 4.26. The van der Waals surface area contributed by atoms with E-state index in [1.54, 1.807) is 0 Å². The number of aromatic amines is 1. The van der Waals surface area contributed by atoms with Gasteiger partial charge in [0, 0.05) is 34.3 Å². The molecule has 0 bridgehead atoms. The molecule has 4 rings (SSSR count). The quantitative estimate of drug-likeness (QED) is 0.657. The van der Waals surface area contributed by atoms with Crippen LogP contribution in [0.2, 0.25) is 5.02 Å². The maximum absolute atomic E-state index is 11.8. The lowest BCUT2D eigenvalue weighted by molar-refractivity contribution is 0.601. The summed E-state index contributed by atoms with van der Waals surface area (Å²) in [5.74, 6) is 1.65. The number of hydrogen-bond donors (Lipinski definition) is 1. The largest absolute Gasteiger partial charge is 0.361 e. The average Bonchev–Trinajstić information content (AvgIpc) is 3.12. The van der Waals surface area contributed by atoms with Crippen LogP contribution < -0.4 is 0 Å². The predicted octanol–water partition coefficient (Wildman–Crippen LogP) is 5.15. The Balaban J connectivity index is 1.83. The molecule has 26 heavy (non-hydrogen) atoms.